The molecule has 0 spiro atoms. The van der Waals surface area contributed by atoms with Crippen LogP contribution in [0.15, 0.2) is 12.1 Å². The number of ether oxygens (including phenoxy) is 3. The molecule has 1 fully saturated rings. The summed E-state index contributed by atoms with van der Waals surface area (Å²) < 4.78 is 16.2. The van der Waals surface area contributed by atoms with E-state index in [4.69, 9.17) is 25.8 Å². The molecule has 1 saturated heterocycles. The maximum absolute atomic E-state index is 12.6. The van der Waals surface area contributed by atoms with Crippen LogP contribution in [-0.2, 0) is 4.74 Å². The highest BCUT2D eigenvalue weighted by Crippen LogP contribution is 2.36. The number of hydrogen-bond donors (Lipinski definition) is 2. The van der Waals surface area contributed by atoms with E-state index >= 15 is 0 Å². The van der Waals surface area contributed by atoms with Crippen LogP contribution in [0.4, 0.5) is 0 Å². The standard InChI is InChI=1S/C18H27ClN2O4.ClH/c1-4-25-16-14(19)9-13(10-15(16)24-3)17(22)21-11-18(12-23-2)5-7-20-8-6-18;/h9-10,20H,4-8,11-12H2,1-3H3,(H,21,22);1H. The Kier molecular flexibility index (Phi) is 9.50. The Morgan fingerprint density at radius 3 is 2.58 bits per heavy atom. The normalized spacial score (nSPS) is 15.7. The predicted octanol–water partition coefficient (Wildman–Crippen LogP) is 2.92. The van der Waals surface area contributed by atoms with Crippen molar-refractivity contribution in [2.24, 2.45) is 5.41 Å². The van der Waals surface area contributed by atoms with Crippen molar-refractivity contribution in [1.82, 2.24) is 10.6 Å². The summed E-state index contributed by atoms with van der Waals surface area (Å²) in [5.74, 6) is 0.725. The van der Waals surface area contributed by atoms with Crippen molar-refractivity contribution in [3.05, 3.63) is 22.7 Å². The summed E-state index contributed by atoms with van der Waals surface area (Å²) >= 11 is 6.25. The molecule has 1 amide bonds. The molecule has 8 heteroatoms. The first-order valence-corrected chi connectivity index (χ1v) is 8.91. The Morgan fingerprint density at radius 2 is 2.00 bits per heavy atom. The number of carbonyl (C=O) groups excluding carboxylic acids is 1. The summed E-state index contributed by atoms with van der Waals surface area (Å²) in [6.45, 7) is 5.39. The van der Waals surface area contributed by atoms with Crippen molar-refractivity contribution < 1.29 is 19.0 Å². The van der Waals surface area contributed by atoms with Gasteiger partial charge in [0.05, 0.1) is 25.3 Å². The van der Waals surface area contributed by atoms with Gasteiger partial charge in [-0.15, -0.1) is 12.4 Å². The number of halogens is 2. The van der Waals surface area contributed by atoms with Crippen LogP contribution in [0, 0.1) is 5.41 Å². The molecule has 1 aromatic rings. The van der Waals surface area contributed by atoms with Crippen molar-refractivity contribution >= 4 is 29.9 Å². The minimum absolute atomic E-state index is 0. The molecule has 1 aliphatic heterocycles. The molecule has 1 heterocycles. The highest BCUT2D eigenvalue weighted by atomic mass is 35.5. The minimum Gasteiger partial charge on any atom is -0.493 e. The average Bonchev–Trinajstić information content (AvgIpc) is 2.62. The SMILES string of the molecule is CCOc1c(Cl)cc(C(=O)NCC2(COC)CCNCC2)cc1OC.Cl. The van der Waals surface area contributed by atoms with E-state index in [1.165, 1.54) is 7.11 Å². The predicted molar refractivity (Wildman–Crippen MR) is 105 cm³/mol. The minimum atomic E-state index is -0.183. The number of benzene rings is 1. The first-order valence-electron chi connectivity index (χ1n) is 8.53. The van der Waals surface area contributed by atoms with E-state index in [1.807, 2.05) is 6.92 Å². The maximum Gasteiger partial charge on any atom is 0.251 e. The molecular weight excluding hydrogens is 379 g/mol. The van der Waals surface area contributed by atoms with Crippen LogP contribution in [0.2, 0.25) is 5.02 Å². The van der Waals surface area contributed by atoms with Crippen LogP contribution >= 0.6 is 24.0 Å². The van der Waals surface area contributed by atoms with E-state index in [2.05, 4.69) is 10.6 Å². The molecule has 0 radical (unpaired) electrons. The van der Waals surface area contributed by atoms with E-state index in [-0.39, 0.29) is 23.7 Å². The van der Waals surface area contributed by atoms with Crippen molar-refractivity contribution in [2.75, 3.05) is 47.1 Å². The molecule has 6 nitrogen and oxygen atoms in total. The molecule has 0 unspecified atom stereocenters. The summed E-state index contributed by atoms with van der Waals surface area (Å²) in [7, 11) is 3.22. The first-order chi connectivity index (χ1) is 12.0. The number of rotatable bonds is 8. The van der Waals surface area contributed by atoms with Gasteiger partial charge in [0.1, 0.15) is 0 Å². The zero-order valence-electron chi connectivity index (χ0n) is 15.5. The molecule has 0 atom stereocenters. The molecule has 0 aliphatic carbocycles. The van der Waals surface area contributed by atoms with Crippen molar-refractivity contribution in [2.45, 2.75) is 19.8 Å². The molecule has 2 rings (SSSR count). The highest BCUT2D eigenvalue weighted by molar-refractivity contribution is 6.32. The maximum atomic E-state index is 12.6. The first kappa shape index (κ1) is 22.8. The second kappa shape index (κ2) is 10.8. The lowest BCUT2D eigenvalue weighted by Crippen LogP contribution is -2.47. The molecule has 26 heavy (non-hydrogen) atoms. The number of amides is 1. The fourth-order valence-electron chi connectivity index (χ4n) is 3.14. The van der Waals surface area contributed by atoms with Crippen LogP contribution in [0.1, 0.15) is 30.1 Å². The van der Waals surface area contributed by atoms with Crippen LogP contribution in [0.3, 0.4) is 0 Å². The van der Waals surface area contributed by atoms with Gasteiger partial charge in [-0.25, -0.2) is 0 Å². The quantitative estimate of drug-likeness (QED) is 0.694. The van der Waals surface area contributed by atoms with Crippen LogP contribution in [-0.4, -0.2) is 53.0 Å². The molecule has 2 N–H and O–H groups in total. The Balaban J connectivity index is 0.00000338. The second-order valence-electron chi connectivity index (χ2n) is 6.29. The van der Waals surface area contributed by atoms with Gasteiger partial charge in [-0.3, -0.25) is 4.79 Å². The lowest BCUT2D eigenvalue weighted by molar-refractivity contribution is 0.0511. The topological polar surface area (TPSA) is 68.8 Å². The van der Waals surface area contributed by atoms with Crippen molar-refractivity contribution in [3.63, 3.8) is 0 Å². The molecular formula is C18H28Cl2N2O4. The molecule has 1 aromatic carbocycles. The summed E-state index contributed by atoms with van der Waals surface area (Å²) in [5, 5.41) is 6.73. The average molecular weight is 407 g/mol. The zero-order chi connectivity index (χ0) is 18.3. The van der Waals surface area contributed by atoms with E-state index < -0.39 is 0 Å². The second-order valence-corrected chi connectivity index (χ2v) is 6.70. The van der Waals surface area contributed by atoms with Crippen molar-refractivity contribution in [1.29, 1.82) is 0 Å². The largest absolute Gasteiger partial charge is 0.493 e. The molecule has 0 bridgehead atoms. The Bertz CT molecular complexity index is 587. The van der Waals surface area contributed by atoms with Gasteiger partial charge in [0.15, 0.2) is 11.5 Å². The van der Waals surface area contributed by atoms with E-state index in [0.717, 1.165) is 25.9 Å². The van der Waals surface area contributed by atoms with Gasteiger partial charge in [0.2, 0.25) is 0 Å². The van der Waals surface area contributed by atoms with Gasteiger partial charge >= 0.3 is 0 Å². The Hall–Kier alpha value is -1.21. The lowest BCUT2D eigenvalue weighted by Gasteiger charge is -2.37. The van der Waals surface area contributed by atoms with Gasteiger partial charge in [0.25, 0.3) is 5.91 Å². The zero-order valence-corrected chi connectivity index (χ0v) is 17.1. The Morgan fingerprint density at radius 1 is 1.31 bits per heavy atom. The lowest BCUT2D eigenvalue weighted by atomic mass is 9.79. The van der Waals surface area contributed by atoms with Crippen LogP contribution < -0.4 is 20.1 Å². The monoisotopic (exact) mass is 406 g/mol. The molecule has 148 valence electrons. The number of nitrogens with one attached hydrogen (secondary N) is 2. The third-order valence-corrected chi connectivity index (χ3v) is 4.80. The Labute approximate surface area is 166 Å². The number of methoxy groups -OCH3 is 2. The summed E-state index contributed by atoms with van der Waals surface area (Å²) in [5.41, 5.74) is 0.418. The summed E-state index contributed by atoms with van der Waals surface area (Å²) in [6, 6.07) is 3.26. The van der Waals surface area contributed by atoms with Crippen molar-refractivity contribution in [3.8, 4) is 11.5 Å². The highest BCUT2D eigenvalue weighted by Gasteiger charge is 2.32. The number of hydrogen-bond acceptors (Lipinski definition) is 5. The van der Waals surface area contributed by atoms with Crippen LogP contribution in [0.25, 0.3) is 0 Å². The van der Waals surface area contributed by atoms with Gasteiger partial charge in [-0.1, -0.05) is 11.6 Å². The van der Waals surface area contributed by atoms with E-state index in [1.54, 1.807) is 19.2 Å². The van der Waals surface area contributed by atoms with E-state index in [9.17, 15) is 4.79 Å². The fourth-order valence-corrected chi connectivity index (χ4v) is 3.41. The summed E-state index contributed by atoms with van der Waals surface area (Å²) in [6.07, 6.45) is 1.93. The third kappa shape index (κ3) is 5.64. The smallest absolute Gasteiger partial charge is 0.251 e. The van der Waals surface area contributed by atoms with Gasteiger partial charge in [0, 0.05) is 24.6 Å². The van der Waals surface area contributed by atoms with Crippen LogP contribution in [0.5, 0.6) is 11.5 Å². The number of piperidine rings is 1. The third-order valence-electron chi connectivity index (χ3n) is 4.52. The van der Waals surface area contributed by atoms with Gasteiger partial charge in [-0.2, -0.15) is 0 Å². The summed E-state index contributed by atoms with van der Waals surface area (Å²) in [4.78, 5) is 12.6. The molecule has 0 aromatic heterocycles. The van der Waals surface area contributed by atoms with Gasteiger partial charge in [-0.05, 0) is 45.0 Å². The molecule has 0 saturated carbocycles. The van der Waals surface area contributed by atoms with Gasteiger partial charge < -0.3 is 24.8 Å². The molecule has 1 aliphatic rings. The van der Waals surface area contributed by atoms with E-state index in [0.29, 0.717) is 41.8 Å². The number of carbonyl (C=O) groups is 1. The fraction of sp³-hybridized carbons (Fsp3) is 0.611.